The van der Waals surface area contributed by atoms with Crippen molar-refractivity contribution in [1.82, 2.24) is 5.32 Å². The van der Waals surface area contributed by atoms with Crippen molar-refractivity contribution in [2.24, 2.45) is 0 Å². The number of alkyl carbamates (subject to hydrolysis) is 1. The lowest BCUT2D eigenvalue weighted by atomic mass is 10.1. The Morgan fingerprint density at radius 2 is 2.19 bits per heavy atom. The van der Waals surface area contributed by atoms with E-state index in [0.29, 0.717) is 0 Å². The lowest BCUT2D eigenvalue weighted by molar-refractivity contribution is 0.0495. The summed E-state index contributed by atoms with van der Waals surface area (Å²) in [7, 11) is 0. The van der Waals surface area contributed by atoms with Gasteiger partial charge in [-0.1, -0.05) is 0 Å². The highest BCUT2D eigenvalue weighted by Crippen LogP contribution is 2.45. The molecule has 0 aliphatic heterocycles. The molecule has 4 heteroatoms. The van der Waals surface area contributed by atoms with Crippen molar-refractivity contribution in [3.8, 4) is 0 Å². The van der Waals surface area contributed by atoms with E-state index in [1.54, 1.807) is 12.5 Å². The molecule has 2 rings (SSSR count). The van der Waals surface area contributed by atoms with Crippen LogP contribution in [0.1, 0.15) is 39.2 Å². The van der Waals surface area contributed by atoms with Crippen LogP contribution in [-0.4, -0.2) is 11.7 Å². The van der Waals surface area contributed by atoms with Crippen LogP contribution >= 0.6 is 0 Å². The molecule has 0 saturated heterocycles. The van der Waals surface area contributed by atoms with Gasteiger partial charge < -0.3 is 14.5 Å². The van der Waals surface area contributed by atoms with Gasteiger partial charge in [-0.15, -0.1) is 0 Å². The monoisotopic (exact) mass is 223 g/mol. The van der Waals surface area contributed by atoms with Gasteiger partial charge in [-0.05, 0) is 39.7 Å². The molecule has 1 aliphatic rings. The van der Waals surface area contributed by atoms with E-state index in [1.165, 1.54) is 0 Å². The standard InChI is InChI=1S/C12H17NO3/c1-11(2,3)16-10(14)13-12(5-6-12)9-4-7-15-8-9/h4,7-8H,5-6H2,1-3H3,(H,13,14). The Hall–Kier alpha value is -1.45. The Morgan fingerprint density at radius 1 is 1.50 bits per heavy atom. The summed E-state index contributed by atoms with van der Waals surface area (Å²) in [6, 6.07) is 1.88. The zero-order valence-electron chi connectivity index (χ0n) is 9.87. The van der Waals surface area contributed by atoms with E-state index >= 15 is 0 Å². The fourth-order valence-electron chi connectivity index (χ4n) is 1.65. The van der Waals surface area contributed by atoms with Gasteiger partial charge >= 0.3 is 6.09 Å². The summed E-state index contributed by atoms with van der Waals surface area (Å²) in [4.78, 5) is 11.6. The zero-order valence-corrected chi connectivity index (χ0v) is 9.87. The minimum absolute atomic E-state index is 0.255. The molecule has 1 N–H and O–H groups in total. The first-order chi connectivity index (χ1) is 7.41. The second-order valence-electron chi connectivity index (χ2n) is 5.22. The van der Waals surface area contributed by atoms with Crippen LogP contribution in [-0.2, 0) is 10.3 Å². The summed E-state index contributed by atoms with van der Waals surface area (Å²) in [6.07, 6.45) is 4.79. The summed E-state index contributed by atoms with van der Waals surface area (Å²) in [5.41, 5.74) is 0.296. The van der Waals surface area contributed by atoms with Gasteiger partial charge in [0.2, 0.25) is 0 Å². The first-order valence-electron chi connectivity index (χ1n) is 5.45. The molecule has 4 nitrogen and oxygen atoms in total. The number of rotatable bonds is 2. The second kappa shape index (κ2) is 3.54. The first-order valence-corrected chi connectivity index (χ1v) is 5.45. The smallest absolute Gasteiger partial charge is 0.408 e. The highest BCUT2D eigenvalue weighted by atomic mass is 16.6. The van der Waals surface area contributed by atoms with E-state index in [2.05, 4.69) is 5.32 Å². The van der Waals surface area contributed by atoms with E-state index in [9.17, 15) is 4.79 Å². The van der Waals surface area contributed by atoms with E-state index in [0.717, 1.165) is 18.4 Å². The van der Waals surface area contributed by atoms with E-state index in [-0.39, 0.29) is 11.6 Å². The third-order valence-electron chi connectivity index (χ3n) is 2.56. The Balaban J connectivity index is 1.98. The minimum atomic E-state index is -0.462. The van der Waals surface area contributed by atoms with E-state index < -0.39 is 5.60 Å². The highest BCUT2D eigenvalue weighted by molar-refractivity contribution is 5.70. The van der Waals surface area contributed by atoms with Crippen LogP contribution in [0.3, 0.4) is 0 Å². The third kappa shape index (κ3) is 2.38. The Morgan fingerprint density at radius 3 is 2.62 bits per heavy atom. The molecule has 1 aliphatic carbocycles. The molecule has 0 atom stereocenters. The quantitative estimate of drug-likeness (QED) is 0.838. The number of carbonyl (C=O) groups is 1. The number of amides is 1. The molecule has 1 aromatic rings. The Kier molecular flexibility index (Phi) is 2.45. The number of carbonyl (C=O) groups excluding carboxylic acids is 1. The molecule has 0 radical (unpaired) electrons. The van der Waals surface area contributed by atoms with Crippen LogP contribution in [0.5, 0.6) is 0 Å². The summed E-state index contributed by atoms with van der Waals surface area (Å²) in [5.74, 6) is 0. The summed E-state index contributed by atoms with van der Waals surface area (Å²) in [5, 5.41) is 2.91. The second-order valence-corrected chi connectivity index (χ2v) is 5.22. The van der Waals surface area contributed by atoms with Crippen LogP contribution in [0, 0.1) is 0 Å². The number of hydrogen-bond acceptors (Lipinski definition) is 3. The number of furan rings is 1. The predicted molar refractivity (Wildman–Crippen MR) is 59.0 cm³/mol. The van der Waals surface area contributed by atoms with Crippen molar-refractivity contribution in [3.63, 3.8) is 0 Å². The molecule has 0 bridgehead atoms. The molecule has 0 aromatic carbocycles. The van der Waals surface area contributed by atoms with Crippen molar-refractivity contribution < 1.29 is 13.9 Å². The highest BCUT2D eigenvalue weighted by Gasteiger charge is 2.47. The maximum atomic E-state index is 11.6. The number of hydrogen-bond donors (Lipinski definition) is 1. The average molecular weight is 223 g/mol. The number of ether oxygens (including phenoxy) is 1. The van der Waals surface area contributed by atoms with Gasteiger partial charge in [0, 0.05) is 5.56 Å². The first kappa shape index (κ1) is 11.0. The topological polar surface area (TPSA) is 51.5 Å². The molecular weight excluding hydrogens is 206 g/mol. The molecule has 0 spiro atoms. The van der Waals surface area contributed by atoms with Gasteiger partial charge in [0.1, 0.15) is 5.60 Å². The maximum Gasteiger partial charge on any atom is 0.408 e. The van der Waals surface area contributed by atoms with Crippen LogP contribution in [0.4, 0.5) is 4.79 Å². The third-order valence-corrected chi connectivity index (χ3v) is 2.56. The predicted octanol–water partition coefficient (Wildman–Crippen LogP) is 2.79. The average Bonchev–Trinajstić information content (AvgIpc) is 2.71. The van der Waals surface area contributed by atoms with Crippen LogP contribution in [0.2, 0.25) is 0 Å². The van der Waals surface area contributed by atoms with E-state index in [4.69, 9.17) is 9.15 Å². The largest absolute Gasteiger partial charge is 0.472 e. The molecule has 1 fully saturated rings. The van der Waals surface area contributed by atoms with Crippen molar-refractivity contribution in [3.05, 3.63) is 24.2 Å². The van der Waals surface area contributed by atoms with Crippen LogP contribution in [0.15, 0.2) is 23.0 Å². The van der Waals surface area contributed by atoms with Gasteiger partial charge in [0.05, 0.1) is 18.1 Å². The summed E-state index contributed by atoms with van der Waals surface area (Å²) < 4.78 is 10.3. The molecule has 16 heavy (non-hydrogen) atoms. The molecule has 1 aromatic heterocycles. The Bertz CT molecular complexity index is 371. The van der Waals surface area contributed by atoms with Crippen molar-refractivity contribution in [2.45, 2.75) is 44.8 Å². The van der Waals surface area contributed by atoms with Gasteiger partial charge in [-0.3, -0.25) is 0 Å². The lowest BCUT2D eigenvalue weighted by Crippen LogP contribution is -2.39. The van der Waals surface area contributed by atoms with Crippen molar-refractivity contribution in [2.75, 3.05) is 0 Å². The fraction of sp³-hybridized carbons (Fsp3) is 0.583. The normalized spacial score (nSPS) is 17.9. The SMILES string of the molecule is CC(C)(C)OC(=O)NC1(c2ccoc2)CC1. The van der Waals surface area contributed by atoms with Crippen molar-refractivity contribution in [1.29, 1.82) is 0 Å². The molecule has 0 unspecified atom stereocenters. The Labute approximate surface area is 95.0 Å². The molecule has 1 heterocycles. The summed E-state index contributed by atoms with van der Waals surface area (Å²) >= 11 is 0. The molecular formula is C12H17NO3. The van der Waals surface area contributed by atoms with Gasteiger partial charge in [-0.25, -0.2) is 4.79 Å². The van der Waals surface area contributed by atoms with Gasteiger partial charge in [0.15, 0.2) is 0 Å². The minimum Gasteiger partial charge on any atom is -0.472 e. The fourth-order valence-corrected chi connectivity index (χ4v) is 1.65. The molecule has 88 valence electrons. The van der Waals surface area contributed by atoms with Crippen molar-refractivity contribution >= 4 is 6.09 Å². The van der Waals surface area contributed by atoms with Crippen LogP contribution in [0.25, 0.3) is 0 Å². The number of nitrogens with one attached hydrogen (secondary N) is 1. The molecule has 1 saturated carbocycles. The van der Waals surface area contributed by atoms with E-state index in [1.807, 2.05) is 26.8 Å². The van der Waals surface area contributed by atoms with Gasteiger partial charge in [0.25, 0.3) is 0 Å². The van der Waals surface area contributed by atoms with Crippen LogP contribution < -0.4 is 5.32 Å². The zero-order chi connectivity index (χ0) is 11.8. The lowest BCUT2D eigenvalue weighted by Gasteiger charge is -2.22. The maximum absolute atomic E-state index is 11.6. The van der Waals surface area contributed by atoms with Gasteiger partial charge in [-0.2, -0.15) is 0 Å². The summed E-state index contributed by atoms with van der Waals surface area (Å²) in [6.45, 7) is 5.55. The molecule has 1 amide bonds.